The minimum absolute atomic E-state index is 0. The van der Waals surface area contributed by atoms with E-state index in [1.54, 1.807) is 0 Å². The number of hydrogen-bond acceptors (Lipinski definition) is 1. The van der Waals surface area contributed by atoms with Crippen molar-refractivity contribution in [2.45, 2.75) is 12.8 Å². The minimum atomic E-state index is -0.0961. The van der Waals surface area contributed by atoms with Gasteiger partial charge in [0, 0.05) is 21.1 Å². The van der Waals surface area contributed by atoms with Crippen LogP contribution in [-0.2, 0) is 25.9 Å². The van der Waals surface area contributed by atoms with E-state index in [-0.39, 0.29) is 27.0 Å². The van der Waals surface area contributed by atoms with Crippen molar-refractivity contribution in [3.63, 3.8) is 0 Å². The van der Waals surface area contributed by atoms with Crippen LogP contribution in [0.3, 0.4) is 0 Å². The number of hydrogen-bond donors (Lipinski definition) is 0. The molecular formula is C9H9OW-. The van der Waals surface area contributed by atoms with Gasteiger partial charge >= 0.3 is 0 Å². The predicted octanol–water partition coefficient (Wildman–Crippen LogP) is 1.90. The zero-order chi connectivity index (χ0) is 7.40. The van der Waals surface area contributed by atoms with Crippen molar-refractivity contribution in [1.82, 2.24) is 0 Å². The fourth-order valence-electron chi connectivity index (χ4n) is 0.810. The van der Waals surface area contributed by atoms with Gasteiger partial charge in [0.25, 0.3) is 0 Å². The Morgan fingerprint density at radius 2 is 1.82 bits per heavy atom. The van der Waals surface area contributed by atoms with E-state index in [1.165, 1.54) is 0 Å². The quantitative estimate of drug-likeness (QED) is 0.762. The molecule has 1 atom stereocenters. The molecule has 1 aromatic rings. The molecule has 0 aliphatic heterocycles. The molecule has 1 unspecified atom stereocenters. The molecule has 58 valence electrons. The summed E-state index contributed by atoms with van der Waals surface area (Å²) < 4.78 is 0. The number of benzene rings is 1. The van der Waals surface area contributed by atoms with Crippen molar-refractivity contribution in [2.75, 3.05) is 0 Å². The molecule has 0 aliphatic carbocycles. The average Bonchev–Trinajstić information content (AvgIpc) is 2.05. The van der Waals surface area contributed by atoms with Gasteiger partial charge in [-0.2, -0.15) is 0 Å². The van der Waals surface area contributed by atoms with Crippen LogP contribution in [0, 0.1) is 0 Å². The Labute approximate surface area is 81.1 Å². The second-order valence-corrected chi connectivity index (χ2v) is 2.25. The van der Waals surface area contributed by atoms with Crippen LogP contribution in [0.4, 0.5) is 0 Å². The van der Waals surface area contributed by atoms with Crippen molar-refractivity contribution < 1.29 is 25.9 Å². The molecule has 0 amide bonds. The SMILES string of the molecule is CC([C-]=O)c1ccccc1.[W]. The Kier molecular flexibility index (Phi) is 5.06. The van der Waals surface area contributed by atoms with E-state index >= 15 is 0 Å². The topological polar surface area (TPSA) is 17.1 Å². The molecule has 2 heteroatoms. The third-order valence-electron chi connectivity index (χ3n) is 1.48. The van der Waals surface area contributed by atoms with Gasteiger partial charge in [-0.05, 0) is 0 Å². The third kappa shape index (κ3) is 2.98. The zero-order valence-electron chi connectivity index (χ0n) is 6.28. The van der Waals surface area contributed by atoms with Crippen LogP contribution >= 0.6 is 0 Å². The van der Waals surface area contributed by atoms with Crippen LogP contribution in [0.15, 0.2) is 30.3 Å². The van der Waals surface area contributed by atoms with E-state index in [2.05, 4.69) is 0 Å². The molecule has 0 radical (unpaired) electrons. The summed E-state index contributed by atoms with van der Waals surface area (Å²) in [6.07, 6.45) is 1.93. The molecule has 0 spiro atoms. The van der Waals surface area contributed by atoms with E-state index in [0.717, 1.165) is 5.56 Å². The Morgan fingerprint density at radius 1 is 1.27 bits per heavy atom. The Morgan fingerprint density at radius 3 is 2.27 bits per heavy atom. The van der Waals surface area contributed by atoms with Crippen LogP contribution in [0.5, 0.6) is 0 Å². The van der Waals surface area contributed by atoms with Crippen molar-refractivity contribution in [3.05, 3.63) is 35.9 Å². The molecular weight excluding hydrogens is 308 g/mol. The number of rotatable bonds is 2. The first-order valence-electron chi connectivity index (χ1n) is 3.27. The van der Waals surface area contributed by atoms with Gasteiger partial charge in [-0.3, -0.25) is 6.29 Å². The standard InChI is InChI=1S/C9H9O.W/c1-8(7-10)9-5-3-2-4-6-9;/h2-6,8H,1H3;/q-1;. The summed E-state index contributed by atoms with van der Waals surface area (Å²) >= 11 is 0. The normalized spacial score (nSPS) is 11.4. The molecule has 0 N–H and O–H groups in total. The molecule has 0 saturated carbocycles. The minimum Gasteiger partial charge on any atom is -0.541 e. The van der Waals surface area contributed by atoms with E-state index in [4.69, 9.17) is 0 Å². The molecule has 0 fully saturated rings. The van der Waals surface area contributed by atoms with Gasteiger partial charge in [0.05, 0.1) is 0 Å². The summed E-state index contributed by atoms with van der Waals surface area (Å²) in [5, 5.41) is 0. The second kappa shape index (κ2) is 5.26. The van der Waals surface area contributed by atoms with Gasteiger partial charge in [-0.25, -0.2) is 0 Å². The molecule has 1 rings (SSSR count). The van der Waals surface area contributed by atoms with E-state index < -0.39 is 0 Å². The zero-order valence-corrected chi connectivity index (χ0v) is 9.21. The molecule has 11 heavy (non-hydrogen) atoms. The summed E-state index contributed by atoms with van der Waals surface area (Å²) in [6, 6.07) is 9.62. The van der Waals surface area contributed by atoms with Crippen LogP contribution in [0.25, 0.3) is 0 Å². The Balaban J connectivity index is 0.000001000. The molecule has 0 aliphatic rings. The van der Waals surface area contributed by atoms with Gasteiger partial charge in [0.1, 0.15) is 0 Å². The van der Waals surface area contributed by atoms with Crippen LogP contribution in [0.1, 0.15) is 18.4 Å². The first-order valence-corrected chi connectivity index (χ1v) is 3.27. The summed E-state index contributed by atoms with van der Waals surface area (Å²) in [6.45, 7) is 1.84. The van der Waals surface area contributed by atoms with Crippen LogP contribution < -0.4 is 0 Å². The smallest absolute Gasteiger partial charge is 0 e. The molecule has 0 bridgehead atoms. The van der Waals surface area contributed by atoms with Gasteiger partial charge in [-0.15, -0.1) is 5.92 Å². The molecule has 0 saturated heterocycles. The van der Waals surface area contributed by atoms with E-state index in [1.807, 2.05) is 43.5 Å². The largest absolute Gasteiger partial charge is 0.541 e. The first kappa shape index (κ1) is 10.6. The third-order valence-corrected chi connectivity index (χ3v) is 1.48. The van der Waals surface area contributed by atoms with Gasteiger partial charge < -0.3 is 4.79 Å². The maximum atomic E-state index is 10.2. The molecule has 0 heterocycles. The average molecular weight is 317 g/mol. The van der Waals surface area contributed by atoms with E-state index in [9.17, 15) is 4.79 Å². The van der Waals surface area contributed by atoms with Crippen LogP contribution in [0.2, 0.25) is 0 Å². The monoisotopic (exact) mass is 317 g/mol. The number of carbonyl (C=O) groups excluding carboxylic acids is 1. The maximum absolute atomic E-state index is 10.2. The second-order valence-electron chi connectivity index (χ2n) is 2.25. The Hall–Kier alpha value is -0.422. The fraction of sp³-hybridized carbons (Fsp3) is 0.222. The van der Waals surface area contributed by atoms with Crippen LogP contribution in [-0.4, -0.2) is 6.29 Å². The molecule has 1 aromatic carbocycles. The van der Waals surface area contributed by atoms with Crippen molar-refractivity contribution in [2.24, 2.45) is 0 Å². The van der Waals surface area contributed by atoms with E-state index in [0.29, 0.717) is 0 Å². The summed E-state index contributed by atoms with van der Waals surface area (Å²) in [5.41, 5.74) is 1.03. The van der Waals surface area contributed by atoms with Crippen molar-refractivity contribution in [1.29, 1.82) is 0 Å². The fourth-order valence-corrected chi connectivity index (χ4v) is 0.810. The molecule has 1 nitrogen and oxygen atoms in total. The van der Waals surface area contributed by atoms with Gasteiger partial charge in [0.2, 0.25) is 0 Å². The first-order chi connectivity index (χ1) is 4.84. The Bertz CT molecular complexity index is 208. The van der Waals surface area contributed by atoms with Gasteiger partial charge in [0.15, 0.2) is 0 Å². The van der Waals surface area contributed by atoms with Gasteiger partial charge in [-0.1, -0.05) is 42.8 Å². The molecule has 0 aromatic heterocycles. The summed E-state index contributed by atoms with van der Waals surface area (Å²) in [4.78, 5) is 10.2. The van der Waals surface area contributed by atoms with Crippen molar-refractivity contribution >= 4 is 6.29 Å². The summed E-state index contributed by atoms with van der Waals surface area (Å²) in [7, 11) is 0. The summed E-state index contributed by atoms with van der Waals surface area (Å²) in [5.74, 6) is -0.0961. The van der Waals surface area contributed by atoms with Crippen molar-refractivity contribution in [3.8, 4) is 0 Å². The maximum Gasteiger partial charge on any atom is 0 e. The predicted molar refractivity (Wildman–Crippen MR) is 40.6 cm³/mol.